The maximum absolute atomic E-state index is 12.5. The lowest BCUT2D eigenvalue weighted by Crippen LogP contribution is -2.20. The smallest absolute Gasteiger partial charge is 0.336 e. The van der Waals surface area contributed by atoms with Crippen LogP contribution in [0.15, 0.2) is 51.7 Å². The van der Waals surface area contributed by atoms with Crippen LogP contribution in [0.5, 0.6) is 5.75 Å². The monoisotopic (exact) mass is 377 g/mol. The molecule has 6 heteroatoms. The fraction of sp³-hybridized carbons (Fsp3) is 0.227. The van der Waals surface area contributed by atoms with Gasteiger partial charge in [0.1, 0.15) is 11.3 Å². The first-order valence-electron chi connectivity index (χ1n) is 9.19. The predicted molar refractivity (Wildman–Crippen MR) is 105 cm³/mol. The quantitative estimate of drug-likeness (QED) is 0.543. The molecule has 3 aromatic rings. The molecule has 1 amide bonds. The van der Waals surface area contributed by atoms with E-state index in [0.717, 1.165) is 28.6 Å². The molecular formula is C22H19NO5. The number of aryl methyl sites for hydroxylation is 2. The minimum Gasteiger partial charge on any atom is -0.485 e. The van der Waals surface area contributed by atoms with Gasteiger partial charge in [0.15, 0.2) is 12.4 Å². The summed E-state index contributed by atoms with van der Waals surface area (Å²) in [4.78, 5) is 35.6. The molecule has 0 saturated heterocycles. The Morgan fingerprint density at radius 1 is 1.11 bits per heavy atom. The molecular weight excluding hydrogens is 358 g/mol. The zero-order chi connectivity index (χ0) is 19.7. The van der Waals surface area contributed by atoms with Gasteiger partial charge in [-0.15, -0.1) is 0 Å². The van der Waals surface area contributed by atoms with Gasteiger partial charge < -0.3 is 14.5 Å². The Morgan fingerprint density at radius 2 is 1.96 bits per heavy atom. The van der Waals surface area contributed by atoms with Crippen molar-refractivity contribution in [1.29, 1.82) is 0 Å². The minimum absolute atomic E-state index is 0.0101. The number of ether oxygens (including phenoxy) is 1. The first-order valence-corrected chi connectivity index (χ1v) is 9.19. The number of hydrogen-bond donors (Lipinski definition) is 1. The van der Waals surface area contributed by atoms with Crippen LogP contribution in [0, 0.1) is 0 Å². The van der Waals surface area contributed by atoms with Crippen LogP contribution in [-0.4, -0.2) is 18.3 Å². The summed E-state index contributed by atoms with van der Waals surface area (Å²) in [6.07, 6.45) is 1.76. The van der Waals surface area contributed by atoms with Gasteiger partial charge in [0, 0.05) is 35.2 Å². The summed E-state index contributed by atoms with van der Waals surface area (Å²) in [5.41, 5.74) is 3.19. The fourth-order valence-electron chi connectivity index (χ4n) is 3.38. The molecule has 2 aromatic carbocycles. The van der Waals surface area contributed by atoms with Crippen molar-refractivity contribution in [2.45, 2.75) is 26.2 Å². The van der Waals surface area contributed by atoms with Crippen molar-refractivity contribution >= 4 is 28.3 Å². The molecule has 1 aromatic heterocycles. The minimum atomic E-state index is -0.404. The second-order valence-electron chi connectivity index (χ2n) is 6.73. The number of hydrogen-bond acceptors (Lipinski definition) is 5. The summed E-state index contributed by atoms with van der Waals surface area (Å²) in [6, 6.07) is 11.9. The maximum atomic E-state index is 12.5. The van der Waals surface area contributed by atoms with Crippen LogP contribution in [0.25, 0.3) is 11.0 Å². The highest BCUT2D eigenvalue weighted by atomic mass is 16.5. The van der Waals surface area contributed by atoms with Gasteiger partial charge in [0.25, 0.3) is 0 Å². The second kappa shape index (κ2) is 7.31. The Hall–Kier alpha value is -3.41. The third kappa shape index (κ3) is 3.53. The Kier molecular flexibility index (Phi) is 4.69. The largest absolute Gasteiger partial charge is 0.485 e. The van der Waals surface area contributed by atoms with E-state index in [1.807, 2.05) is 13.0 Å². The molecule has 0 fully saturated rings. The molecule has 1 aliphatic heterocycles. The van der Waals surface area contributed by atoms with Crippen LogP contribution in [0.2, 0.25) is 0 Å². The standard InChI is InChI=1S/C22H19NO5/c1-2-13-10-22(26)28-20-11-16(5-6-17(13)20)27-12-19(24)15-3-7-18-14(9-15)4-8-21(25)23-18/h3,5-7,9-11H,2,4,8,12H2,1H3,(H,23,25). The summed E-state index contributed by atoms with van der Waals surface area (Å²) >= 11 is 0. The van der Waals surface area contributed by atoms with Crippen molar-refractivity contribution in [2.24, 2.45) is 0 Å². The normalized spacial score (nSPS) is 13.1. The van der Waals surface area contributed by atoms with E-state index < -0.39 is 5.63 Å². The number of rotatable bonds is 5. The highest BCUT2D eigenvalue weighted by Crippen LogP contribution is 2.25. The highest BCUT2D eigenvalue weighted by Gasteiger charge is 2.17. The topological polar surface area (TPSA) is 85.6 Å². The molecule has 4 rings (SSSR count). The fourth-order valence-corrected chi connectivity index (χ4v) is 3.38. The Bertz CT molecular complexity index is 1150. The molecule has 142 valence electrons. The number of fused-ring (bicyclic) bond motifs is 2. The number of Topliss-reactive ketones (excluding diaryl/α,β-unsaturated/α-hetero) is 1. The molecule has 28 heavy (non-hydrogen) atoms. The van der Waals surface area contributed by atoms with Gasteiger partial charge in [-0.25, -0.2) is 4.79 Å². The van der Waals surface area contributed by atoms with Crippen molar-refractivity contribution in [3.05, 3.63) is 69.6 Å². The number of ketones is 1. The van der Waals surface area contributed by atoms with E-state index in [9.17, 15) is 14.4 Å². The van der Waals surface area contributed by atoms with Gasteiger partial charge in [0.2, 0.25) is 5.91 Å². The average molecular weight is 377 g/mol. The van der Waals surface area contributed by atoms with E-state index in [1.165, 1.54) is 6.07 Å². The van der Waals surface area contributed by atoms with Crippen LogP contribution in [0.4, 0.5) is 5.69 Å². The number of amides is 1. The first kappa shape index (κ1) is 18.0. The highest BCUT2D eigenvalue weighted by molar-refractivity contribution is 5.99. The average Bonchev–Trinajstić information content (AvgIpc) is 2.70. The Balaban J connectivity index is 1.50. The third-order valence-corrected chi connectivity index (χ3v) is 4.88. The molecule has 0 atom stereocenters. The molecule has 0 bridgehead atoms. The van der Waals surface area contributed by atoms with Crippen molar-refractivity contribution in [2.75, 3.05) is 11.9 Å². The van der Waals surface area contributed by atoms with Gasteiger partial charge >= 0.3 is 5.63 Å². The van der Waals surface area contributed by atoms with E-state index in [2.05, 4.69) is 5.32 Å². The first-order chi connectivity index (χ1) is 13.5. The zero-order valence-corrected chi connectivity index (χ0v) is 15.4. The summed E-state index contributed by atoms with van der Waals surface area (Å²) in [7, 11) is 0. The number of anilines is 1. The van der Waals surface area contributed by atoms with Crippen molar-refractivity contribution in [1.82, 2.24) is 0 Å². The predicted octanol–water partition coefficient (Wildman–Crippen LogP) is 3.50. The zero-order valence-electron chi connectivity index (χ0n) is 15.4. The van der Waals surface area contributed by atoms with Crippen LogP contribution in [-0.2, 0) is 17.6 Å². The van der Waals surface area contributed by atoms with Gasteiger partial charge in [-0.1, -0.05) is 6.92 Å². The van der Waals surface area contributed by atoms with Crippen molar-refractivity contribution in [3.8, 4) is 5.75 Å². The summed E-state index contributed by atoms with van der Waals surface area (Å²) in [5, 5.41) is 3.66. The van der Waals surface area contributed by atoms with Crippen LogP contribution in [0.1, 0.15) is 34.8 Å². The molecule has 1 N–H and O–H groups in total. The lowest BCUT2D eigenvalue weighted by molar-refractivity contribution is -0.116. The summed E-state index contributed by atoms with van der Waals surface area (Å²) in [6.45, 7) is 1.84. The maximum Gasteiger partial charge on any atom is 0.336 e. The number of carbonyl (C=O) groups excluding carboxylic acids is 2. The van der Waals surface area contributed by atoms with E-state index in [-0.39, 0.29) is 18.3 Å². The lowest BCUT2D eigenvalue weighted by atomic mass is 9.99. The van der Waals surface area contributed by atoms with E-state index >= 15 is 0 Å². The Morgan fingerprint density at radius 3 is 2.79 bits per heavy atom. The van der Waals surface area contributed by atoms with Gasteiger partial charge in [-0.05, 0) is 54.3 Å². The Labute approximate surface area is 161 Å². The number of carbonyl (C=O) groups is 2. The van der Waals surface area contributed by atoms with Gasteiger partial charge in [0.05, 0.1) is 0 Å². The molecule has 1 aliphatic rings. The van der Waals surface area contributed by atoms with E-state index in [0.29, 0.717) is 29.7 Å². The summed E-state index contributed by atoms with van der Waals surface area (Å²) < 4.78 is 10.9. The van der Waals surface area contributed by atoms with Crippen molar-refractivity contribution < 1.29 is 18.7 Å². The molecule has 0 spiro atoms. The molecule has 6 nitrogen and oxygen atoms in total. The van der Waals surface area contributed by atoms with Crippen LogP contribution >= 0.6 is 0 Å². The van der Waals surface area contributed by atoms with Gasteiger partial charge in [-0.2, -0.15) is 0 Å². The van der Waals surface area contributed by atoms with E-state index in [4.69, 9.17) is 9.15 Å². The molecule has 2 heterocycles. The molecule has 0 saturated carbocycles. The second-order valence-corrected chi connectivity index (χ2v) is 6.73. The van der Waals surface area contributed by atoms with E-state index in [1.54, 1.807) is 30.3 Å². The van der Waals surface area contributed by atoms with Gasteiger partial charge in [-0.3, -0.25) is 9.59 Å². The molecule has 0 unspecified atom stereocenters. The molecule has 0 radical (unpaired) electrons. The molecule has 0 aliphatic carbocycles. The third-order valence-electron chi connectivity index (χ3n) is 4.88. The number of benzene rings is 2. The number of nitrogens with one attached hydrogen (secondary N) is 1. The van der Waals surface area contributed by atoms with Crippen LogP contribution in [0.3, 0.4) is 0 Å². The SMILES string of the molecule is CCc1cc(=O)oc2cc(OCC(=O)c3ccc4c(c3)CCC(=O)N4)ccc12. The van der Waals surface area contributed by atoms with Crippen molar-refractivity contribution in [3.63, 3.8) is 0 Å². The van der Waals surface area contributed by atoms with Crippen LogP contribution < -0.4 is 15.7 Å². The lowest BCUT2D eigenvalue weighted by Gasteiger charge is -2.17. The summed E-state index contributed by atoms with van der Waals surface area (Å²) in [5.74, 6) is 0.287.